The normalized spacial score (nSPS) is 11.5. The Morgan fingerprint density at radius 3 is 2.38 bits per heavy atom. The van der Waals surface area contributed by atoms with Crippen molar-refractivity contribution in [2.24, 2.45) is 0 Å². The summed E-state index contributed by atoms with van der Waals surface area (Å²) in [5, 5.41) is 14.3. The molecule has 0 bridgehead atoms. The van der Waals surface area contributed by atoms with Crippen molar-refractivity contribution in [2.75, 3.05) is 0 Å². The van der Waals surface area contributed by atoms with Gasteiger partial charge in [0.05, 0.1) is 22.3 Å². The van der Waals surface area contributed by atoms with Crippen molar-refractivity contribution < 1.29 is 4.42 Å². The Morgan fingerprint density at radius 2 is 1.47 bits per heavy atom. The first-order chi connectivity index (χ1) is 16.8. The fourth-order valence-electron chi connectivity index (χ4n) is 5.15. The third-order valence-electron chi connectivity index (χ3n) is 6.55. The molecule has 34 heavy (non-hydrogen) atoms. The highest BCUT2D eigenvalue weighted by Gasteiger charge is 2.20. The summed E-state index contributed by atoms with van der Waals surface area (Å²) in [4.78, 5) is 4.15. The van der Waals surface area contributed by atoms with Crippen molar-refractivity contribution in [3.63, 3.8) is 0 Å². The summed E-state index contributed by atoms with van der Waals surface area (Å²) in [5.41, 5.74) is 7.40. The van der Waals surface area contributed by atoms with Crippen LogP contribution in [0.5, 0.6) is 0 Å². The SMILES string of the molecule is N#Cc1cnccc1-c1ccccc1-n1c2ccccc2c2c3c(ccc21)oc1ccccc13. The van der Waals surface area contributed by atoms with Crippen molar-refractivity contribution in [1.82, 2.24) is 9.55 Å². The Hall–Kier alpha value is -4.88. The number of fused-ring (bicyclic) bond motifs is 7. The van der Waals surface area contributed by atoms with Crippen molar-refractivity contribution >= 4 is 43.7 Å². The number of furan rings is 1. The van der Waals surface area contributed by atoms with Gasteiger partial charge in [0.1, 0.15) is 17.2 Å². The third kappa shape index (κ3) is 2.49. The molecule has 0 saturated heterocycles. The van der Waals surface area contributed by atoms with Crippen molar-refractivity contribution in [3.8, 4) is 22.9 Å². The monoisotopic (exact) mass is 435 g/mol. The molecule has 0 aliphatic carbocycles. The summed E-state index contributed by atoms with van der Waals surface area (Å²) in [6.07, 6.45) is 3.36. The van der Waals surface area contributed by atoms with E-state index in [1.54, 1.807) is 12.4 Å². The number of benzene rings is 4. The number of nitriles is 1. The molecular weight excluding hydrogens is 418 g/mol. The van der Waals surface area contributed by atoms with Gasteiger partial charge in [-0.15, -0.1) is 0 Å². The molecule has 4 heteroatoms. The predicted molar refractivity (Wildman–Crippen MR) is 136 cm³/mol. The van der Waals surface area contributed by atoms with Gasteiger partial charge in [0.2, 0.25) is 0 Å². The van der Waals surface area contributed by atoms with Crippen LogP contribution in [0.15, 0.2) is 108 Å². The number of para-hydroxylation sites is 3. The largest absolute Gasteiger partial charge is 0.456 e. The highest BCUT2D eigenvalue weighted by molar-refractivity contribution is 6.27. The Labute approximate surface area is 194 Å². The van der Waals surface area contributed by atoms with Crippen LogP contribution in [0, 0.1) is 11.3 Å². The first-order valence-electron chi connectivity index (χ1n) is 11.1. The molecule has 0 atom stereocenters. The van der Waals surface area contributed by atoms with Gasteiger partial charge in [-0.05, 0) is 36.4 Å². The van der Waals surface area contributed by atoms with Gasteiger partial charge < -0.3 is 8.98 Å². The molecule has 7 aromatic rings. The van der Waals surface area contributed by atoms with Gasteiger partial charge in [-0.2, -0.15) is 5.26 Å². The Balaban J connectivity index is 1.67. The molecule has 0 saturated carbocycles. The average Bonchev–Trinajstić information content (AvgIpc) is 3.44. The summed E-state index contributed by atoms with van der Waals surface area (Å²) >= 11 is 0. The van der Waals surface area contributed by atoms with Crippen LogP contribution in [0.25, 0.3) is 60.6 Å². The molecule has 158 valence electrons. The van der Waals surface area contributed by atoms with E-state index in [2.05, 4.69) is 76.3 Å². The summed E-state index contributed by atoms with van der Waals surface area (Å²) in [6, 6.07) is 33.3. The van der Waals surface area contributed by atoms with E-state index in [-0.39, 0.29) is 0 Å². The second-order valence-electron chi connectivity index (χ2n) is 8.33. The van der Waals surface area contributed by atoms with Crippen LogP contribution in [0.1, 0.15) is 5.56 Å². The van der Waals surface area contributed by atoms with E-state index in [0.29, 0.717) is 5.56 Å². The van der Waals surface area contributed by atoms with E-state index in [1.165, 1.54) is 10.8 Å². The summed E-state index contributed by atoms with van der Waals surface area (Å²) in [5.74, 6) is 0. The van der Waals surface area contributed by atoms with Gasteiger partial charge >= 0.3 is 0 Å². The van der Waals surface area contributed by atoms with E-state index >= 15 is 0 Å². The number of hydrogen-bond acceptors (Lipinski definition) is 3. The molecule has 0 aliphatic heterocycles. The molecule has 0 spiro atoms. The Bertz CT molecular complexity index is 1930. The molecule has 0 radical (unpaired) electrons. The minimum absolute atomic E-state index is 0.555. The van der Waals surface area contributed by atoms with Crippen molar-refractivity contribution in [3.05, 3.63) is 109 Å². The van der Waals surface area contributed by atoms with Gasteiger partial charge in [-0.1, -0.05) is 54.6 Å². The van der Waals surface area contributed by atoms with Crippen molar-refractivity contribution in [2.45, 2.75) is 0 Å². The average molecular weight is 435 g/mol. The highest BCUT2D eigenvalue weighted by Crippen LogP contribution is 2.42. The lowest BCUT2D eigenvalue weighted by Crippen LogP contribution is -1.98. The molecular formula is C30H17N3O. The molecule has 7 rings (SSSR count). The van der Waals surface area contributed by atoms with Gasteiger partial charge in [-0.3, -0.25) is 4.98 Å². The van der Waals surface area contributed by atoms with E-state index in [9.17, 15) is 5.26 Å². The van der Waals surface area contributed by atoms with Gasteiger partial charge in [0, 0.05) is 45.1 Å². The fraction of sp³-hybridized carbons (Fsp3) is 0. The van der Waals surface area contributed by atoms with Crippen LogP contribution in [-0.4, -0.2) is 9.55 Å². The van der Waals surface area contributed by atoms with Crippen LogP contribution in [0.3, 0.4) is 0 Å². The summed E-state index contributed by atoms with van der Waals surface area (Å²) in [7, 11) is 0. The lowest BCUT2D eigenvalue weighted by atomic mass is 10.0. The first kappa shape index (κ1) is 18.7. The summed E-state index contributed by atoms with van der Waals surface area (Å²) < 4.78 is 8.49. The second-order valence-corrected chi connectivity index (χ2v) is 8.33. The van der Waals surface area contributed by atoms with E-state index < -0.39 is 0 Å². The van der Waals surface area contributed by atoms with Crippen LogP contribution < -0.4 is 0 Å². The zero-order chi connectivity index (χ0) is 22.6. The predicted octanol–water partition coefficient (Wildman–Crippen LogP) is 7.62. The standard InChI is InChI=1S/C30H17N3O/c31-17-19-18-32-16-15-20(19)21-7-1-4-10-24(21)33-25-11-5-2-8-22(25)29-26(33)13-14-28-30(29)23-9-3-6-12-27(23)34-28/h1-16,18H. The van der Waals surface area contributed by atoms with Crippen LogP contribution in [-0.2, 0) is 0 Å². The second kappa shape index (κ2) is 7.06. The maximum atomic E-state index is 9.73. The third-order valence-corrected chi connectivity index (χ3v) is 6.55. The molecule has 0 aliphatic rings. The van der Waals surface area contributed by atoms with E-state index in [1.807, 2.05) is 30.3 Å². The van der Waals surface area contributed by atoms with Crippen LogP contribution in [0.2, 0.25) is 0 Å². The minimum atomic E-state index is 0.555. The van der Waals surface area contributed by atoms with Crippen LogP contribution in [0.4, 0.5) is 0 Å². The van der Waals surface area contributed by atoms with Crippen molar-refractivity contribution in [1.29, 1.82) is 5.26 Å². The maximum Gasteiger partial charge on any atom is 0.136 e. The molecule has 3 heterocycles. The smallest absolute Gasteiger partial charge is 0.136 e. The minimum Gasteiger partial charge on any atom is -0.456 e. The maximum absolute atomic E-state index is 9.73. The van der Waals surface area contributed by atoms with Gasteiger partial charge in [0.25, 0.3) is 0 Å². The first-order valence-corrected chi connectivity index (χ1v) is 11.1. The Kier molecular flexibility index (Phi) is 3.88. The lowest BCUT2D eigenvalue weighted by Gasteiger charge is -2.14. The van der Waals surface area contributed by atoms with Crippen LogP contribution >= 0.6 is 0 Å². The molecule has 0 amide bonds. The summed E-state index contributed by atoms with van der Waals surface area (Å²) in [6.45, 7) is 0. The molecule has 4 nitrogen and oxygen atoms in total. The quantitative estimate of drug-likeness (QED) is 0.281. The Morgan fingerprint density at radius 1 is 0.676 bits per heavy atom. The number of rotatable bonds is 2. The highest BCUT2D eigenvalue weighted by atomic mass is 16.3. The lowest BCUT2D eigenvalue weighted by molar-refractivity contribution is 0.669. The van der Waals surface area contributed by atoms with Gasteiger partial charge in [-0.25, -0.2) is 0 Å². The zero-order valence-electron chi connectivity index (χ0n) is 18.1. The molecule has 4 aromatic carbocycles. The van der Waals surface area contributed by atoms with E-state index in [4.69, 9.17) is 4.42 Å². The number of aromatic nitrogens is 2. The topological polar surface area (TPSA) is 54.8 Å². The fourth-order valence-corrected chi connectivity index (χ4v) is 5.15. The molecule has 0 N–H and O–H groups in total. The zero-order valence-corrected chi connectivity index (χ0v) is 18.1. The molecule has 0 fully saturated rings. The molecule has 3 aromatic heterocycles. The number of pyridine rings is 1. The number of nitrogens with zero attached hydrogens (tertiary/aromatic N) is 3. The number of hydrogen-bond donors (Lipinski definition) is 0. The van der Waals surface area contributed by atoms with Gasteiger partial charge in [0.15, 0.2) is 0 Å². The molecule has 0 unspecified atom stereocenters. The van der Waals surface area contributed by atoms with E-state index in [0.717, 1.165) is 49.8 Å².